The summed E-state index contributed by atoms with van der Waals surface area (Å²) >= 11 is 11.6. The van der Waals surface area contributed by atoms with E-state index in [9.17, 15) is 9.50 Å². The van der Waals surface area contributed by atoms with Gasteiger partial charge in [-0.2, -0.15) is 0 Å². The lowest BCUT2D eigenvalue weighted by atomic mass is 10.1. The summed E-state index contributed by atoms with van der Waals surface area (Å²) in [6.45, 7) is 2.07. The monoisotopic (exact) mass is 265 g/mol. The van der Waals surface area contributed by atoms with E-state index < -0.39 is 0 Å². The van der Waals surface area contributed by atoms with Gasteiger partial charge in [0.25, 0.3) is 0 Å². The van der Waals surface area contributed by atoms with Gasteiger partial charge in [-0.25, -0.2) is 0 Å². The predicted molar refractivity (Wildman–Crippen MR) is 65.1 cm³/mol. The van der Waals surface area contributed by atoms with Gasteiger partial charge in [-0.15, -0.1) is 0 Å². The van der Waals surface area contributed by atoms with Crippen LogP contribution in [0, 0.1) is 0 Å². The van der Waals surface area contributed by atoms with Gasteiger partial charge in [0.15, 0.2) is 0 Å². The number of nitrogens with one attached hydrogen (secondary N) is 1. The summed E-state index contributed by atoms with van der Waals surface area (Å²) in [5, 5.41) is 13.3. The van der Waals surface area contributed by atoms with E-state index in [1.54, 1.807) is 12.1 Å². The number of halogens is 3. The Bertz CT molecular complexity index is 360. The van der Waals surface area contributed by atoms with Crippen LogP contribution in [0.25, 0.3) is 0 Å². The van der Waals surface area contributed by atoms with Crippen molar-refractivity contribution in [1.82, 2.24) is 5.32 Å². The fourth-order valence-corrected chi connectivity index (χ4v) is 1.72. The fraction of sp³-hybridized carbons (Fsp3) is 0.455. The van der Waals surface area contributed by atoms with Crippen LogP contribution < -0.4 is 5.32 Å². The molecule has 90 valence electrons. The van der Waals surface area contributed by atoms with Gasteiger partial charge >= 0.3 is 0 Å². The first-order valence-electron chi connectivity index (χ1n) is 5.04. The van der Waals surface area contributed by atoms with Crippen molar-refractivity contribution in [3.63, 3.8) is 0 Å². The second-order valence-corrected chi connectivity index (χ2v) is 4.30. The number of hydrogen-bond acceptors (Lipinski definition) is 2. The first-order chi connectivity index (χ1) is 7.57. The summed E-state index contributed by atoms with van der Waals surface area (Å²) in [6, 6.07) is 3.24. The van der Waals surface area contributed by atoms with Crippen LogP contribution in [-0.2, 0) is 0 Å². The molecule has 0 fully saturated rings. The molecule has 2 nitrogen and oxygen atoms in total. The van der Waals surface area contributed by atoms with Gasteiger partial charge in [-0.05, 0) is 26.0 Å². The third-order valence-electron chi connectivity index (χ3n) is 2.33. The molecular weight excluding hydrogens is 252 g/mol. The van der Waals surface area contributed by atoms with Crippen molar-refractivity contribution in [2.75, 3.05) is 13.2 Å². The largest absolute Gasteiger partial charge is 0.506 e. The van der Waals surface area contributed by atoms with E-state index in [1.807, 2.05) is 6.92 Å². The lowest BCUT2D eigenvalue weighted by molar-refractivity contribution is 0.432. The molecule has 0 amide bonds. The zero-order valence-electron chi connectivity index (χ0n) is 8.93. The Morgan fingerprint density at radius 1 is 1.44 bits per heavy atom. The molecule has 0 saturated heterocycles. The third kappa shape index (κ3) is 3.24. The highest BCUT2D eigenvalue weighted by Gasteiger charge is 2.14. The second-order valence-electron chi connectivity index (χ2n) is 3.52. The lowest BCUT2D eigenvalue weighted by Gasteiger charge is -2.16. The summed E-state index contributed by atoms with van der Waals surface area (Å²) < 4.78 is 11.9. The maximum atomic E-state index is 11.9. The van der Waals surface area contributed by atoms with Crippen molar-refractivity contribution in [2.24, 2.45) is 0 Å². The van der Waals surface area contributed by atoms with Crippen LogP contribution in [-0.4, -0.2) is 18.3 Å². The SMILES string of the molecule is CC(NCCCF)c1ccc(Cl)c(Cl)c1O. The molecule has 0 spiro atoms. The van der Waals surface area contributed by atoms with Crippen molar-refractivity contribution < 1.29 is 9.50 Å². The van der Waals surface area contributed by atoms with E-state index in [1.165, 1.54) is 0 Å². The van der Waals surface area contributed by atoms with Crippen molar-refractivity contribution >= 4 is 23.2 Å². The molecule has 2 N–H and O–H groups in total. The first kappa shape index (κ1) is 13.6. The molecule has 0 saturated carbocycles. The smallest absolute Gasteiger partial charge is 0.140 e. The number of benzene rings is 1. The highest BCUT2D eigenvalue weighted by atomic mass is 35.5. The molecule has 0 bridgehead atoms. The molecule has 1 atom stereocenters. The van der Waals surface area contributed by atoms with Crippen LogP contribution >= 0.6 is 23.2 Å². The molecule has 16 heavy (non-hydrogen) atoms. The minimum Gasteiger partial charge on any atom is -0.506 e. The van der Waals surface area contributed by atoms with Gasteiger partial charge < -0.3 is 10.4 Å². The number of aromatic hydroxyl groups is 1. The van der Waals surface area contributed by atoms with Gasteiger partial charge in [0, 0.05) is 11.6 Å². The molecule has 0 heterocycles. The number of rotatable bonds is 5. The Hall–Kier alpha value is -0.510. The summed E-state index contributed by atoms with van der Waals surface area (Å²) in [7, 11) is 0. The maximum absolute atomic E-state index is 11.9. The van der Waals surface area contributed by atoms with Gasteiger partial charge in [0.05, 0.1) is 11.7 Å². The molecule has 0 aromatic heterocycles. The van der Waals surface area contributed by atoms with Crippen LogP contribution in [0.3, 0.4) is 0 Å². The maximum Gasteiger partial charge on any atom is 0.140 e. The Labute approximate surface area is 104 Å². The van der Waals surface area contributed by atoms with Crippen molar-refractivity contribution in [3.8, 4) is 5.75 Å². The Balaban J connectivity index is 2.76. The van der Waals surface area contributed by atoms with E-state index in [0.717, 1.165) is 0 Å². The number of alkyl halides is 1. The summed E-state index contributed by atoms with van der Waals surface area (Å²) in [5.74, 6) is -0.0191. The molecule has 0 radical (unpaired) electrons. The quantitative estimate of drug-likeness (QED) is 0.796. The van der Waals surface area contributed by atoms with Crippen LogP contribution in [0.2, 0.25) is 10.0 Å². The minimum absolute atomic E-state index is 0.0191. The second kappa shape index (κ2) is 6.28. The van der Waals surface area contributed by atoms with Crippen LogP contribution in [0.1, 0.15) is 24.9 Å². The Morgan fingerprint density at radius 2 is 2.12 bits per heavy atom. The van der Waals surface area contributed by atoms with Gasteiger partial charge in [0.1, 0.15) is 10.8 Å². The predicted octanol–water partition coefficient (Wildman–Crippen LogP) is 3.71. The molecule has 1 aromatic rings. The normalized spacial score (nSPS) is 12.8. The molecule has 5 heteroatoms. The molecule has 1 unspecified atom stereocenters. The summed E-state index contributed by atoms with van der Waals surface area (Å²) in [4.78, 5) is 0. The van der Waals surface area contributed by atoms with Crippen molar-refractivity contribution in [2.45, 2.75) is 19.4 Å². The molecule has 0 aliphatic rings. The molecule has 0 aliphatic carbocycles. The standard InChI is InChI=1S/C11H14Cl2FNO/c1-7(15-6-2-5-14)8-3-4-9(12)10(13)11(8)16/h3-4,7,15-16H,2,5-6H2,1H3. The topological polar surface area (TPSA) is 32.3 Å². The van der Waals surface area contributed by atoms with E-state index in [-0.39, 0.29) is 23.5 Å². The average molecular weight is 266 g/mol. The summed E-state index contributed by atoms with van der Waals surface area (Å²) in [5.41, 5.74) is 0.660. The highest BCUT2D eigenvalue weighted by Crippen LogP contribution is 2.36. The highest BCUT2D eigenvalue weighted by molar-refractivity contribution is 6.43. The zero-order chi connectivity index (χ0) is 12.1. The van der Waals surface area contributed by atoms with E-state index in [0.29, 0.717) is 23.6 Å². The Kier molecular flexibility index (Phi) is 5.32. The van der Waals surface area contributed by atoms with E-state index in [4.69, 9.17) is 23.2 Å². The van der Waals surface area contributed by atoms with Crippen LogP contribution in [0.5, 0.6) is 5.75 Å². The van der Waals surface area contributed by atoms with Gasteiger partial charge in [0.2, 0.25) is 0 Å². The minimum atomic E-state index is -0.354. The van der Waals surface area contributed by atoms with E-state index in [2.05, 4.69) is 5.32 Å². The summed E-state index contributed by atoms with van der Waals surface area (Å²) in [6.07, 6.45) is 0.451. The fourth-order valence-electron chi connectivity index (χ4n) is 1.40. The van der Waals surface area contributed by atoms with E-state index >= 15 is 0 Å². The third-order valence-corrected chi connectivity index (χ3v) is 3.12. The van der Waals surface area contributed by atoms with Crippen LogP contribution in [0.4, 0.5) is 4.39 Å². The first-order valence-corrected chi connectivity index (χ1v) is 5.79. The molecular formula is C11H14Cl2FNO. The molecule has 1 rings (SSSR count). The number of hydrogen-bond donors (Lipinski definition) is 2. The average Bonchev–Trinajstić information content (AvgIpc) is 2.26. The number of phenolic OH excluding ortho intramolecular Hbond substituents is 1. The van der Waals surface area contributed by atoms with Crippen LogP contribution in [0.15, 0.2) is 12.1 Å². The lowest BCUT2D eigenvalue weighted by Crippen LogP contribution is -2.20. The zero-order valence-corrected chi connectivity index (χ0v) is 10.4. The van der Waals surface area contributed by atoms with Crippen molar-refractivity contribution in [3.05, 3.63) is 27.7 Å². The van der Waals surface area contributed by atoms with Crippen molar-refractivity contribution in [1.29, 1.82) is 0 Å². The van der Waals surface area contributed by atoms with Gasteiger partial charge in [-0.3, -0.25) is 4.39 Å². The van der Waals surface area contributed by atoms with Gasteiger partial charge in [-0.1, -0.05) is 29.3 Å². The molecule has 1 aromatic carbocycles. The number of phenols is 1. The molecule has 0 aliphatic heterocycles. The Morgan fingerprint density at radius 3 is 2.75 bits per heavy atom.